The molecule has 2 aliphatic rings. The Morgan fingerprint density at radius 1 is 1.54 bits per heavy atom. The van der Waals surface area contributed by atoms with Gasteiger partial charge in [0, 0.05) is 6.61 Å². The van der Waals surface area contributed by atoms with Crippen LogP contribution < -0.4 is 0 Å². The van der Waals surface area contributed by atoms with E-state index < -0.39 is 0 Å². The van der Waals surface area contributed by atoms with Crippen LogP contribution in [0, 0.1) is 11.3 Å². The summed E-state index contributed by atoms with van der Waals surface area (Å²) >= 11 is 0. The predicted octanol–water partition coefficient (Wildman–Crippen LogP) is 2.90. The van der Waals surface area contributed by atoms with Gasteiger partial charge in [0.05, 0.1) is 0 Å². The minimum absolute atomic E-state index is 0.382. The van der Waals surface area contributed by atoms with Crippen LogP contribution in [-0.4, -0.2) is 11.7 Å². The van der Waals surface area contributed by atoms with E-state index in [4.69, 9.17) is 5.11 Å². The Labute approximate surface area is 80.8 Å². The highest BCUT2D eigenvalue weighted by molar-refractivity contribution is 5.19. The average Bonchev–Trinajstić information content (AvgIpc) is 2.16. The maximum Gasteiger partial charge on any atom is 0.0462 e. The van der Waals surface area contributed by atoms with Gasteiger partial charge in [-0.1, -0.05) is 18.6 Å². The molecule has 1 heteroatoms. The summed E-state index contributed by atoms with van der Waals surface area (Å²) in [6, 6.07) is 0. The van der Waals surface area contributed by atoms with Gasteiger partial charge in [-0.05, 0) is 49.9 Å². The topological polar surface area (TPSA) is 20.2 Å². The molecule has 0 unspecified atom stereocenters. The highest BCUT2D eigenvalue weighted by Gasteiger charge is 2.35. The summed E-state index contributed by atoms with van der Waals surface area (Å²) in [7, 11) is 0. The summed E-state index contributed by atoms with van der Waals surface area (Å²) in [5.41, 5.74) is 2.15. The van der Waals surface area contributed by atoms with E-state index in [2.05, 4.69) is 13.0 Å². The van der Waals surface area contributed by atoms with Crippen molar-refractivity contribution in [2.75, 3.05) is 6.61 Å². The van der Waals surface area contributed by atoms with E-state index >= 15 is 0 Å². The maximum absolute atomic E-state index is 9.14. The van der Waals surface area contributed by atoms with Crippen LogP contribution in [0.15, 0.2) is 11.6 Å². The van der Waals surface area contributed by atoms with Gasteiger partial charge >= 0.3 is 0 Å². The molecule has 1 saturated carbocycles. The van der Waals surface area contributed by atoms with Gasteiger partial charge in [0.2, 0.25) is 0 Å². The number of hydrogen-bond acceptors (Lipinski definition) is 1. The van der Waals surface area contributed by atoms with E-state index in [0.29, 0.717) is 17.9 Å². The summed E-state index contributed by atoms with van der Waals surface area (Å²) in [6.45, 7) is 2.79. The van der Waals surface area contributed by atoms with Crippen molar-refractivity contribution in [3.8, 4) is 0 Å². The Kier molecular flexibility index (Phi) is 2.46. The molecule has 0 spiro atoms. The Bertz CT molecular complexity index is 219. The minimum atomic E-state index is 0.382. The van der Waals surface area contributed by atoms with Crippen LogP contribution in [0.5, 0.6) is 0 Å². The quantitative estimate of drug-likeness (QED) is 0.615. The summed E-state index contributed by atoms with van der Waals surface area (Å²) in [4.78, 5) is 0. The smallest absolute Gasteiger partial charge is 0.0462 e. The molecular formula is C12H20O. The van der Waals surface area contributed by atoms with Gasteiger partial charge in [0.25, 0.3) is 0 Å². The standard InChI is InChI=1S/C12H20O/c1-12-6-3-2-4-11(12)8-10(9-13)5-7-12/h4,10,13H,2-3,5-9H2,1H3/t10-,12-/m1/s1. The van der Waals surface area contributed by atoms with E-state index in [9.17, 15) is 0 Å². The lowest BCUT2D eigenvalue weighted by atomic mass is 9.64. The number of aliphatic hydroxyl groups excluding tert-OH is 1. The van der Waals surface area contributed by atoms with E-state index in [1.807, 2.05) is 0 Å². The normalized spacial score (nSPS) is 39.5. The zero-order valence-electron chi connectivity index (χ0n) is 8.55. The third-order valence-corrected chi connectivity index (χ3v) is 3.97. The third kappa shape index (κ3) is 1.67. The van der Waals surface area contributed by atoms with Crippen molar-refractivity contribution in [1.29, 1.82) is 0 Å². The molecule has 2 aliphatic carbocycles. The minimum Gasteiger partial charge on any atom is -0.396 e. The van der Waals surface area contributed by atoms with Crippen LogP contribution in [-0.2, 0) is 0 Å². The Hall–Kier alpha value is -0.300. The van der Waals surface area contributed by atoms with Gasteiger partial charge in [0.1, 0.15) is 0 Å². The molecule has 0 aliphatic heterocycles. The first-order chi connectivity index (χ1) is 6.24. The molecule has 0 radical (unpaired) electrons. The van der Waals surface area contributed by atoms with Crippen LogP contribution in [0.4, 0.5) is 0 Å². The molecule has 1 nitrogen and oxygen atoms in total. The van der Waals surface area contributed by atoms with E-state index in [1.54, 1.807) is 5.57 Å². The second-order valence-electron chi connectivity index (χ2n) is 4.97. The van der Waals surface area contributed by atoms with E-state index in [0.717, 1.165) is 6.42 Å². The van der Waals surface area contributed by atoms with Gasteiger partial charge in [-0.3, -0.25) is 0 Å². The predicted molar refractivity (Wildman–Crippen MR) is 54.5 cm³/mol. The number of aliphatic hydroxyl groups is 1. The van der Waals surface area contributed by atoms with Crippen molar-refractivity contribution < 1.29 is 5.11 Å². The zero-order valence-corrected chi connectivity index (χ0v) is 8.55. The number of allylic oxidation sites excluding steroid dienone is 2. The van der Waals surface area contributed by atoms with Crippen molar-refractivity contribution in [3.05, 3.63) is 11.6 Å². The van der Waals surface area contributed by atoms with E-state index in [-0.39, 0.29) is 0 Å². The first-order valence-corrected chi connectivity index (χ1v) is 5.55. The number of fused-ring (bicyclic) bond motifs is 1. The molecule has 0 aromatic rings. The molecule has 0 saturated heterocycles. The van der Waals surface area contributed by atoms with Crippen molar-refractivity contribution in [2.24, 2.45) is 11.3 Å². The van der Waals surface area contributed by atoms with Crippen LogP contribution in [0.3, 0.4) is 0 Å². The molecule has 2 atom stereocenters. The Balaban J connectivity index is 2.13. The summed E-state index contributed by atoms with van der Waals surface area (Å²) in [5, 5.41) is 9.14. The van der Waals surface area contributed by atoms with Crippen LogP contribution in [0.25, 0.3) is 0 Å². The van der Waals surface area contributed by atoms with Gasteiger partial charge in [0.15, 0.2) is 0 Å². The van der Waals surface area contributed by atoms with Crippen molar-refractivity contribution in [2.45, 2.75) is 45.4 Å². The zero-order chi connectivity index (χ0) is 9.31. The SMILES string of the molecule is C[C@]12CCCC=C1C[C@H](CO)CC2. The first-order valence-electron chi connectivity index (χ1n) is 5.55. The molecule has 0 bridgehead atoms. The number of hydrogen-bond donors (Lipinski definition) is 1. The van der Waals surface area contributed by atoms with Crippen molar-refractivity contribution >= 4 is 0 Å². The summed E-state index contributed by atoms with van der Waals surface area (Å²) < 4.78 is 0. The molecule has 0 aromatic heterocycles. The largest absolute Gasteiger partial charge is 0.396 e. The molecule has 0 aromatic carbocycles. The molecule has 74 valence electrons. The average molecular weight is 180 g/mol. The Morgan fingerprint density at radius 2 is 2.38 bits per heavy atom. The lowest BCUT2D eigenvalue weighted by Crippen LogP contribution is -2.30. The van der Waals surface area contributed by atoms with Crippen molar-refractivity contribution in [3.63, 3.8) is 0 Å². The molecular weight excluding hydrogens is 160 g/mol. The fourth-order valence-electron chi connectivity index (χ4n) is 2.88. The monoisotopic (exact) mass is 180 g/mol. The molecule has 1 N–H and O–H groups in total. The number of rotatable bonds is 1. The van der Waals surface area contributed by atoms with Gasteiger partial charge in [-0.25, -0.2) is 0 Å². The van der Waals surface area contributed by atoms with Crippen molar-refractivity contribution in [1.82, 2.24) is 0 Å². The van der Waals surface area contributed by atoms with E-state index in [1.165, 1.54) is 32.1 Å². The fraction of sp³-hybridized carbons (Fsp3) is 0.833. The first kappa shape index (κ1) is 9.26. The molecule has 13 heavy (non-hydrogen) atoms. The highest BCUT2D eigenvalue weighted by Crippen LogP contribution is 2.48. The van der Waals surface area contributed by atoms with Crippen LogP contribution in [0.2, 0.25) is 0 Å². The van der Waals surface area contributed by atoms with Gasteiger partial charge in [-0.15, -0.1) is 0 Å². The summed E-state index contributed by atoms with van der Waals surface area (Å²) in [5.74, 6) is 0.553. The third-order valence-electron chi connectivity index (χ3n) is 3.97. The molecule has 0 amide bonds. The lowest BCUT2D eigenvalue weighted by molar-refractivity contribution is 0.155. The second kappa shape index (κ2) is 3.45. The maximum atomic E-state index is 9.14. The van der Waals surface area contributed by atoms with Gasteiger partial charge < -0.3 is 5.11 Å². The van der Waals surface area contributed by atoms with Crippen LogP contribution >= 0.6 is 0 Å². The Morgan fingerprint density at radius 3 is 3.15 bits per heavy atom. The molecule has 1 fully saturated rings. The summed E-state index contributed by atoms with van der Waals surface area (Å²) in [6.07, 6.45) is 10.1. The molecule has 2 rings (SSSR count). The highest BCUT2D eigenvalue weighted by atomic mass is 16.3. The van der Waals surface area contributed by atoms with Crippen LogP contribution in [0.1, 0.15) is 45.4 Å². The fourth-order valence-corrected chi connectivity index (χ4v) is 2.88. The molecule has 0 heterocycles. The van der Waals surface area contributed by atoms with Gasteiger partial charge in [-0.2, -0.15) is 0 Å². The second-order valence-corrected chi connectivity index (χ2v) is 4.97. The lowest BCUT2D eigenvalue weighted by Gasteiger charge is -2.42.